The van der Waals surface area contributed by atoms with Crippen molar-refractivity contribution in [1.82, 2.24) is 9.97 Å². The molecule has 1 aromatic carbocycles. The Morgan fingerprint density at radius 3 is 2.94 bits per heavy atom. The predicted octanol–water partition coefficient (Wildman–Crippen LogP) is 1.43. The number of nitrogens with zero attached hydrogens (tertiary/aromatic N) is 1. The molecule has 6 nitrogen and oxygen atoms in total. The summed E-state index contributed by atoms with van der Waals surface area (Å²) in [4.78, 5) is 27.7. The van der Waals surface area contributed by atoms with Gasteiger partial charge < -0.3 is 9.72 Å². The molecular weight excluding hydrogens is 224 g/mol. The van der Waals surface area contributed by atoms with Gasteiger partial charge in [0, 0.05) is 7.11 Å². The first-order valence-corrected chi connectivity index (χ1v) is 4.97. The van der Waals surface area contributed by atoms with Gasteiger partial charge >= 0.3 is 5.97 Å². The van der Waals surface area contributed by atoms with Crippen LogP contribution in [0.2, 0.25) is 0 Å². The summed E-state index contributed by atoms with van der Waals surface area (Å²) >= 11 is 0. The fourth-order valence-corrected chi connectivity index (χ4v) is 1.57. The number of carbonyl (C=O) groups is 1. The molecule has 0 amide bonds. The number of carbonyl (C=O) groups excluding carboxylic acids is 1. The molecule has 0 aliphatic rings. The highest BCUT2D eigenvalue weighted by atomic mass is 17.2. The van der Waals surface area contributed by atoms with Gasteiger partial charge in [-0.15, -0.1) is 0 Å². The highest BCUT2D eigenvalue weighted by molar-refractivity contribution is 6.01. The predicted molar refractivity (Wildman–Crippen MR) is 59.2 cm³/mol. The van der Waals surface area contributed by atoms with Crippen LogP contribution in [0.25, 0.3) is 11.0 Å². The number of fused-ring (bicyclic) bond motifs is 1. The molecule has 2 rings (SSSR count). The topological polar surface area (TPSA) is 73.4 Å². The molecule has 17 heavy (non-hydrogen) atoms. The van der Waals surface area contributed by atoms with Gasteiger partial charge in [-0.2, -0.15) is 4.89 Å². The molecule has 2 aromatic rings. The van der Waals surface area contributed by atoms with Crippen LogP contribution in [0.3, 0.4) is 0 Å². The number of aromatic nitrogens is 2. The summed E-state index contributed by atoms with van der Waals surface area (Å²) in [5.74, 6) is 0.0775. The number of nitrogens with one attached hydrogen (secondary N) is 1. The maximum Gasteiger partial charge on any atom is 0.375 e. The third kappa shape index (κ3) is 2.27. The summed E-state index contributed by atoms with van der Waals surface area (Å²) < 4.78 is 4.97. The maximum absolute atomic E-state index is 11.6. The second-order valence-corrected chi connectivity index (χ2v) is 3.36. The maximum atomic E-state index is 11.6. The molecule has 0 radical (unpaired) electrons. The first-order chi connectivity index (χ1) is 8.26. The number of hydrogen-bond acceptors (Lipinski definition) is 5. The van der Waals surface area contributed by atoms with E-state index in [1.807, 2.05) is 6.07 Å². The zero-order valence-corrected chi connectivity index (χ0v) is 9.52. The van der Waals surface area contributed by atoms with Gasteiger partial charge in [0.2, 0.25) is 0 Å². The van der Waals surface area contributed by atoms with Crippen molar-refractivity contribution < 1.29 is 19.3 Å². The molecule has 0 unspecified atom stereocenters. The van der Waals surface area contributed by atoms with Crippen LogP contribution >= 0.6 is 0 Å². The number of H-pyrrole nitrogens is 1. The van der Waals surface area contributed by atoms with Crippen LogP contribution in [0, 0.1) is 0 Å². The van der Waals surface area contributed by atoms with Crippen LogP contribution in [0.5, 0.6) is 0 Å². The fraction of sp³-hybridized carbons (Fsp3) is 0.273. The van der Waals surface area contributed by atoms with Crippen molar-refractivity contribution in [2.45, 2.75) is 6.61 Å². The van der Waals surface area contributed by atoms with E-state index < -0.39 is 5.97 Å². The van der Waals surface area contributed by atoms with E-state index in [4.69, 9.17) is 4.74 Å². The summed E-state index contributed by atoms with van der Waals surface area (Å²) in [6.07, 6.45) is 0. The van der Waals surface area contributed by atoms with Crippen molar-refractivity contribution in [3.05, 3.63) is 29.6 Å². The van der Waals surface area contributed by atoms with Gasteiger partial charge in [-0.1, -0.05) is 6.07 Å². The van der Waals surface area contributed by atoms with Crippen LogP contribution < -0.4 is 0 Å². The smallest absolute Gasteiger partial charge is 0.375 e. The van der Waals surface area contributed by atoms with E-state index >= 15 is 0 Å². The molecule has 6 heteroatoms. The molecule has 0 saturated carbocycles. The molecule has 0 atom stereocenters. The lowest BCUT2D eigenvalue weighted by molar-refractivity contribution is -0.216. The Labute approximate surface area is 97.4 Å². The molecule has 90 valence electrons. The third-order valence-electron chi connectivity index (χ3n) is 2.22. The molecule has 0 aliphatic heterocycles. The van der Waals surface area contributed by atoms with Crippen LogP contribution in [-0.2, 0) is 21.1 Å². The Morgan fingerprint density at radius 1 is 1.41 bits per heavy atom. The number of methoxy groups -OCH3 is 1. The lowest BCUT2D eigenvalue weighted by Crippen LogP contribution is -2.04. The minimum atomic E-state index is -0.575. The standard InChI is InChI=1S/C11H12N2O4/c1-15-6-9-12-8-5-3-4-7(10(8)13-9)11(14)17-16-2/h3-5H,6H2,1-2H3,(H,12,13). The van der Waals surface area contributed by atoms with Gasteiger partial charge in [0.1, 0.15) is 17.9 Å². The quantitative estimate of drug-likeness (QED) is 0.642. The first-order valence-electron chi connectivity index (χ1n) is 4.97. The highest BCUT2D eigenvalue weighted by Gasteiger charge is 2.15. The Kier molecular flexibility index (Phi) is 3.36. The van der Waals surface area contributed by atoms with Crippen LogP contribution in [0.15, 0.2) is 18.2 Å². The van der Waals surface area contributed by atoms with E-state index in [9.17, 15) is 4.79 Å². The minimum Gasteiger partial charge on any atom is -0.377 e. The summed E-state index contributed by atoms with van der Waals surface area (Å²) in [5.41, 5.74) is 1.65. The van der Waals surface area contributed by atoms with Crippen molar-refractivity contribution in [3.63, 3.8) is 0 Å². The average molecular weight is 236 g/mol. The van der Waals surface area contributed by atoms with Crippen molar-refractivity contribution in [1.29, 1.82) is 0 Å². The fourth-order valence-electron chi connectivity index (χ4n) is 1.57. The van der Waals surface area contributed by atoms with Gasteiger partial charge in [0.15, 0.2) is 0 Å². The molecule has 0 saturated heterocycles. The number of para-hydroxylation sites is 1. The molecule has 0 fully saturated rings. The van der Waals surface area contributed by atoms with E-state index in [1.54, 1.807) is 19.2 Å². The molecule has 0 bridgehead atoms. The van der Waals surface area contributed by atoms with Crippen molar-refractivity contribution in [2.24, 2.45) is 0 Å². The van der Waals surface area contributed by atoms with E-state index in [0.29, 0.717) is 23.5 Å². The number of aromatic amines is 1. The molecular formula is C11H12N2O4. The van der Waals surface area contributed by atoms with Crippen molar-refractivity contribution in [2.75, 3.05) is 14.2 Å². The summed E-state index contributed by atoms with van der Waals surface area (Å²) in [6, 6.07) is 5.19. The van der Waals surface area contributed by atoms with Gasteiger partial charge in [-0.3, -0.25) is 4.89 Å². The van der Waals surface area contributed by atoms with Crippen LogP contribution in [0.1, 0.15) is 16.2 Å². The third-order valence-corrected chi connectivity index (χ3v) is 2.22. The second-order valence-electron chi connectivity index (χ2n) is 3.36. The summed E-state index contributed by atoms with van der Waals surface area (Å²) in [5, 5.41) is 0. The zero-order valence-electron chi connectivity index (χ0n) is 9.52. The van der Waals surface area contributed by atoms with Gasteiger partial charge in [-0.05, 0) is 12.1 Å². The van der Waals surface area contributed by atoms with E-state index in [-0.39, 0.29) is 0 Å². The van der Waals surface area contributed by atoms with Crippen molar-refractivity contribution >= 4 is 17.0 Å². The Balaban J connectivity index is 2.45. The number of rotatable bonds is 4. The van der Waals surface area contributed by atoms with Crippen molar-refractivity contribution in [3.8, 4) is 0 Å². The number of hydrogen-bond donors (Lipinski definition) is 1. The van der Waals surface area contributed by atoms with Gasteiger partial charge in [0.25, 0.3) is 0 Å². The SMILES string of the molecule is COCc1nc2c(C(=O)OOC)cccc2[nH]1. The molecule has 1 heterocycles. The number of imidazole rings is 1. The zero-order chi connectivity index (χ0) is 12.3. The van der Waals surface area contributed by atoms with E-state index in [2.05, 4.69) is 19.7 Å². The Morgan fingerprint density at radius 2 is 2.24 bits per heavy atom. The lowest BCUT2D eigenvalue weighted by atomic mass is 10.2. The number of benzene rings is 1. The van der Waals surface area contributed by atoms with Gasteiger partial charge in [-0.25, -0.2) is 9.78 Å². The number of ether oxygens (including phenoxy) is 1. The molecule has 1 aromatic heterocycles. The van der Waals surface area contributed by atoms with E-state index in [1.165, 1.54) is 7.11 Å². The second kappa shape index (κ2) is 4.94. The minimum absolute atomic E-state index is 0.350. The first kappa shape index (κ1) is 11.6. The van der Waals surface area contributed by atoms with Crippen LogP contribution in [-0.4, -0.2) is 30.2 Å². The largest absolute Gasteiger partial charge is 0.377 e. The van der Waals surface area contributed by atoms with Crippen LogP contribution in [0.4, 0.5) is 0 Å². The van der Waals surface area contributed by atoms with E-state index in [0.717, 1.165) is 5.52 Å². The normalized spacial score (nSPS) is 10.7. The Hall–Kier alpha value is -1.92. The monoisotopic (exact) mass is 236 g/mol. The lowest BCUT2D eigenvalue weighted by Gasteiger charge is -1.99. The molecule has 0 aliphatic carbocycles. The Bertz CT molecular complexity index is 535. The highest BCUT2D eigenvalue weighted by Crippen LogP contribution is 2.17. The van der Waals surface area contributed by atoms with Gasteiger partial charge in [0.05, 0.1) is 18.2 Å². The molecule has 1 N–H and O–H groups in total. The average Bonchev–Trinajstić information content (AvgIpc) is 2.71. The summed E-state index contributed by atoms with van der Waals surface area (Å²) in [7, 11) is 2.85. The molecule has 0 spiro atoms. The summed E-state index contributed by atoms with van der Waals surface area (Å²) in [6.45, 7) is 0.355.